The lowest BCUT2D eigenvalue weighted by molar-refractivity contribution is 1.12. The Balaban J connectivity index is 1.51. The summed E-state index contributed by atoms with van der Waals surface area (Å²) in [6.07, 6.45) is 14.9. The van der Waals surface area contributed by atoms with Gasteiger partial charge in [0.05, 0.1) is 11.0 Å². The summed E-state index contributed by atoms with van der Waals surface area (Å²) >= 11 is 0. The average molecular weight is 596 g/mol. The van der Waals surface area contributed by atoms with Crippen LogP contribution in [0.5, 0.6) is 0 Å². The molecule has 0 bridgehead atoms. The molecule has 0 aliphatic rings. The van der Waals surface area contributed by atoms with E-state index in [2.05, 4.69) is 138 Å². The third kappa shape index (κ3) is 5.91. The van der Waals surface area contributed by atoms with Crippen LogP contribution in [-0.2, 0) is 0 Å². The molecule has 0 unspecified atom stereocenters. The molecule has 0 saturated carbocycles. The number of para-hydroxylation sites is 1. The van der Waals surface area contributed by atoms with Crippen molar-refractivity contribution in [2.45, 2.75) is 13.8 Å². The van der Waals surface area contributed by atoms with Crippen LogP contribution in [0.4, 0.5) is 0 Å². The van der Waals surface area contributed by atoms with Crippen molar-refractivity contribution >= 4 is 49.9 Å². The average Bonchev–Trinajstić information content (AvgIpc) is 3.43. The largest absolute Gasteiger partial charge is 0.362 e. The second-order valence-electron chi connectivity index (χ2n) is 11.2. The number of hydrogen-bond donors (Lipinski definition) is 2. The Morgan fingerprint density at radius 2 is 1.39 bits per heavy atom. The van der Waals surface area contributed by atoms with Gasteiger partial charge in [0.25, 0.3) is 0 Å². The lowest BCUT2D eigenvalue weighted by Crippen LogP contribution is -2.02. The number of benzene rings is 5. The number of hydrogen-bond acceptors (Lipinski definition) is 2. The first-order valence-corrected chi connectivity index (χ1v) is 15.5. The SMILES string of the molecule is C=C(/C=C\C)N/C=C(\C=C/C)c1ccc2c(ccc3c4ccc(-c5ccc(C(=C)/C=C\C=N)cc5)cc4n(-c4ccccc4)c23)c1. The molecule has 0 spiro atoms. The van der Waals surface area contributed by atoms with Crippen molar-refractivity contribution in [2.75, 3.05) is 0 Å². The van der Waals surface area contributed by atoms with Crippen molar-refractivity contribution in [1.82, 2.24) is 9.88 Å². The number of aromatic nitrogens is 1. The first kappa shape index (κ1) is 30.1. The van der Waals surface area contributed by atoms with E-state index in [9.17, 15) is 0 Å². The van der Waals surface area contributed by atoms with Gasteiger partial charge in [0, 0.05) is 40.0 Å². The smallest absolute Gasteiger partial charge is 0.0619 e. The van der Waals surface area contributed by atoms with Crippen molar-refractivity contribution < 1.29 is 0 Å². The maximum atomic E-state index is 7.25. The minimum atomic E-state index is 0.844. The van der Waals surface area contributed by atoms with Crippen molar-refractivity contribution in [2.24, 2.45) is 0 Å². The van der Waals surface area contributed by atoms with E-state index in [1.807, 2.05) is 38.3 Å². The predicted molar refractivity (Wildman–Crippen MR) is 201 cm³/mol. The molecule has 1 heterocycles. The topological polar surface area (TPSA) is 40.8 Å². The van der Waals surface area contributed by atoms with E-state index in [4.69, 9.17) is 5.41 Å². The summed E-state index contributed by atoms with van der Waals surface area (Å²) in [6, 6.07) is 37.1. The van der Waals surface area contributed by atoms with E-state index in [1.165, 1.54) is 38.8 Å². The molecule has 6 rings (SSSR count). The molecule has 6 aromatic rings. The third-order valence-corrected chi connectivity index (χ3v) is 8.20. The fourth-order valence-electron chi connectivity index (χ4n) is 6.01. The molecular weight excluding hydrogens is 558 g/mol. The van der Waals surface area contributed by atoms with Gasteiger partial charge in [-0.25, -0.2) is 0 Å². The van der Waals surface area contributed by atoms with Crippen LogP contribution in [0.15, 0.2) is 165 Å². The Morgan fingerprint density at radius 3 is 2.13 bits per heavy atom. The molecule has 5 aromatic carbocycles. The normalized spacial score (nSPS) is 12.3. The molecule has 3 nitrogen and oxygen atoms in total. The standard InChI is InChI=1S/C43H37N3/c1-5-11-31(4)45-29-37(12-6-2)34-20-23-39-36(27-34)22-25-41-40-24-21-35(33-18-16-32(17-19-33)30(3)13-10-26-44)28-42(40)46(43(39)41)38-14-8-7-9-15-38/h5-29,44-45H,3-4H2,1-2H3/b11-5-,12-6-,13-10-,37-29+,44-26?. The number of nitrogens with zero attached hydrogens (tertiary/aromatic N) is 1. The zero-order valence-electron chi connectivity index (χ0n) is 26.3. The quantitative estimate of drug-likeness (QED) is 0.120. The summed E-state index contributed by atoms with van der Waals surface area (Å²) in [4.78, 5) is 0. The zero-order valence-corrected chi connectivity index (χ0v) is 26.3. The third-order valence-electron chi connectivity index (χ3n) is 8.20. The van der Waals surface area contributed by atoms with E-state index in [0.29, 0.717) is 0 Å². The Labute approximate surface area is 271 Å². The molecular formula is C43H37N3. The molecule has 0 radical (unpaired) electrons. The molecule has 46 heavy (non-hydrogen) atoms. The molecule has 1 aromatic heterocycles. The van der Waals surface area contributed by atoms with Crippen LogP contribution in [0.1, 0.15) is 25.0 Å². The van der Waals surface area contributed by atoms with E-state index in [-0.39, 0.29) is 0 Å². The molecule has 0 amide bonds. The van der Waals surface area contributed by atoms with Crippen LogP contribution in [0.3, 0.4) is 0 Å². The van der Waals surface area contributed by atoms with Crippen LogP contribution in [-0.4, -0.2) is 10.8 Å². The second kappa shape index (κ2) is 13.4. The number of nitrogens with one attached hydrogen (secondary N) is 2. The summed E-state index contributed by atoms with van der Waals surface area (Å²) in [5.74, 6) is 0. The van der Waals surface area contributed by atoms with Gasteiger partial charge in [-0.3, -0.25) is 0 Å². The van der Waals surface area contributed by atoms with Crippen molar-refractivity contribution in [3.05, 3.63) is 176 Å². The van der Waals surface area contributed by atoms with Gasteiger partial charge < -0.3 is 15.3 Å². The Bertz CT molecular complexity index is 2220. The van der Waals surface area contributed by atoms with Crippen LogP contribution < -0.4 is 5.32 Å². The fourth-order valence-corrected chi connectivity index (χ4v) is 6.01. The van der Waals surface area contributed by atoms with E-state index in [1.54, 1.807) is 6.08 Å². The van der Waals surface area contributed by atoms with Crippen LogP contribution in [0.2, 0.25) is 0 Å². The monoisotopic (exact) mass is 595 g/mol. The molecule has 0 saturated heterocycles. The number of allylic oxidation sites excluding steroid dienone is 8. The van der Waals surface area contributed by atoms with Crippen LogP contribution in [0, 0.1) is 5.41 Å². The van der Waals surface area contributed by atoms with Gasteiger partial charge in [-0.1, -0.05) is 116 Å². The predicted octanol–water partition coefficient (Wildman–Crippen LogP) is 11.4. The molecule has 0 aliphatic heterocycles. The van der Waals surface area contributed by atoms with E-state index in [0.717, 1.165) is 44.8 Å². The zero-order chi connectivity index (χ0) is 32.0. The maximum absolute atomic E-state index is 7.25. The van der Waals surface area contributed by atoms with Gasteiger partial charge in [0.15, 0.2) is 0 Å². The summed E-state index contributed by atoms with van der Waals surface area (Å²) in [7, 11) is 0. The summed E-state index contributed by atoms with van der Waals surface area (Å²) < 4.78 is 2.40. The van der Waals surface area contributed by atoms with Gasteiger partial charge in [-0.05, 0) is 89.1 Å². The van der Waals surface area contributed by atoms with Gasteiger partial charge in [-0.15, -0.1) is 0 Å². The molecule has 0 fully saturated rings. The maximum Gasteiger partial charge on any atom is 0.0619 e. The van der Waals surface area contributed by atoms with E-state index < -0.39 is 0 Å². The highest BCUT2D eigenvalue weighted by molar-refractivity contribution is 6.19. The summed E-state index contributed by atoms with van der Waals surface area (Å²) in [5, 5.41) is 15.4. The highest BCUT2D eigenvalue weighted by Crippen LogP contribution is 2.39. The first-order chi connectivity index (χ1) is 22.5. The van der Waals surface area contributed by atoms with Gasteiger partial charge in [0.1, 0.15) is 0 Å². The number of fused-ring (bicyclic) bond motifs is 5. The molecule has 3 heteroatoms. The molecule has 0 atom stereocenters. The lowest BCUT2D eigenvalue weighted by atomic mass is 9.98. The Morgan fingerprint density at radius 1 is 0.696 bits per heavy atom. The molecule has 2 N–H and O–H groups in total. The minimum Gasteiger partial charge on any atom is -0.362 e. The number of rotatable bonds is 10. The van der Waals surface area contributed by atoms with Gasteiger partial charge >= 0.3 is 0 Å². The second-order valence-corrected chi connectivity index (χ2v) is 11.2. The summed E-state index contributed by atoms with van der Waals surface area (Å²) in [6.45, 7) is 12.2. The van der Waals surface area contributed by atoms with Crippen LogP contribution in [0.25, 0.3) is 60.5 Å². The van der Waals surface area contributed by atoms with Crippen molar-refractivity contribution in [3.63, 3.8) is 0 Å². The highest BCUT2D eigenvalue weighted by Gasteiger charge is 2.16. The molecule has 224 valence electrons. The van der Waals surface area contributed by atoms with E-state index >= 15 is 0 Å². The first-order valence-electron chi connectivity index (χ1n) is 15.5. The van der Waals surface area contributed by atoms with Crippen molar-refractivity contribution in [3.8, 4) is 16.8 Å². The highest BCUT2D eigenvalue weighted by atomic mass is 15.0. The van der Waals surface area contributed by atoms with Gasteiger partial charge in [-0.2, -0.15) is 0 Å². The summed E-state index contributed by atoms with van der Waals surface area (Å²) in [5.41, 5.74) is 10.8. The Kier molecular flexibility index (Phi) is 8.75. The van der Waals surface area contributed by atoms with Crippen molar-refractivity contribution in [1.29, 1.82) is 5.41 Å². The lowest BCUT2D eigenvalue weighted by Gasteiger charge is -2.12. The molecule has 0 aliphatic carbocycles. The Hall–Kier alpha value is -5.93. The minimum absolute atomic E-state index is 0.844. The fraction of sp³-hybridized carbons (Fsp3) is 0.0465. The van der Waals surface area contributed by atoms with Crippen LogP contribution >= 0.6 is 0 Å². The van der Waals surface area contributed by atoms with Gasteiger partial charge in [0.2, 0.25) is 0 Å².